The molecule has 2 aromatic heterocycles. The molecule has 0 bridgehead atoms. The van der Waals surface area contributed by atoms with Gasteiger partial charge in [0.25, 0.3) is 0 Å². The summed E-state index contributed by atoms with van der Waals surface area (Å²) in [7, 11) is 1.69. The van der Waals surface area contributed by atoms with Gasteiger partial charge in [0.05, 0.1) is 30.4 Å². The van der Waals surface area contributed by atoms with Crippen molar-refractivity contribution in [1.29, 1.82) is 0 Å². The SMILES string of the molecule is COc1ccccc1-c1csc(=Nc2cccnc2)n1N=C1CCc2ccccc21. The molecule has 0 aliphatic heterocycles. The van der Waals surface area contributed by atoms with Crippen molar-refractivity contribution in [1.82, 2.24) is 9.66 Å². The van der Waals surface area contributed by atoms with E-state index in [1.807, 2.05) is 41.1 Å². The van der Waals surface area contributed by atoms with Crippen LogP contribution >= 0.6 is 11.3 Å². The number of ether oxygens (including phenoxy) is 1. The molecule has 6 heteroatoms. The van der Waals surface area contributed by atoms with E-state index in [0.717, 1.165) is 46.0 Å². The Bertz CT molecular complexity index is 1290. The molecule has 30 heavy (non-hydrogen) atoms. The molecule has 0 fully saturated rings. The molecule has 2 aromatic carbocycles. The number of thiazole rings is 1. The Morgan fingerprint density at radius 2 is 1.80 bits per heavy atom. The van der Waals surface area contributed by atoms with Crippen LogP contribution in [0.15, 0.2) is 88.5 Å². The van der Waals surface area contributed by atoms with Crippen LogP contribution in [0.3, 0.4) is 0 Å². The Labute approximate surface area is 178 Å². The number of nitrogens with zero attached hydrogens (tertiary/aromatic N) is 4. The van der Waals surface area contributed by atoms with Gasteiger partial charge in [-0.1, -0.05) is 36.4 Å². The number of rotatable bonds is 4. The zero-order chi connectivity index (χ0) is 20.3. The molecule has 5 nitrogen and oxygen atoms in total. The summed E-state index contributed by atoms with van der Waals surface area (Å²) < 4.78 is 7.55. The van der Waals surface area contributed by atoms with Crippen LogP contribution in [0, 0.1) is 0 Å². The number of hydrogen-bond acceptors (Lipinski definition) is 5. The monoisotopic (exact) mass is 412 g/mol. The van der Waals surface area contributed by atoms with Crippen molar-refractivity contribution < 1.29 is 4.74 Å². The zero-order valence-electron chi connectivity index (χ0n) is 16.5. The number of para-hydroxylation sites is 1. The number of fused-ring (bicyclic) bond motifs is 1. The van der Waals surface area contributed by atoms with E-state index in [9.17, 15) is 0 Å². The first-order chi connectivity index (χ1) is 14.8. The average molecular weight is 413 g/mol. The number of aromatic nitrogens is 2. The van der Waals surface area contributed by atoms with Crippen LogP contribution in [0.4, 0.5) is 5.69 Å². The molecule has 5 rings (SSSR count). The van der Waals surface area contributed by atoms with Gasteiger partial charge in [0, 0.05) is 22.7 Å². The maximum absolute atomic E-state index is 5.61. The summed E-state index contributed by atoms with van der Waals surface area (Å²) in [5.41, 5.74) is 6.38. The molecule has 0 unspecified atom stereocenters. The van der Waals surface area contributed by atoms with Crippen molar-refractivity contribution >= 4 is 22.7 Å². The standard InChI is InChI=1S/C24H20N4OS/c1-29-23-11-5-4-10-20(23)22-16-30-24(26-18-8-6-14-25-15-18)28(22)27-21-13-12-17-7-2-3-9-19(17)21/h2-11,14-16H,12-13H2,1H3. The van der Waals surface area contributed by atoms with Crippen molar-refractivity contribution in [2.75, 3.05) is 7.11 Å². The highest BCUT2D eigenvalue weighted by atomic mass is 32.1. The number of hydrogen-bond donors (Lipinski definition) is 0. The Morgan fingerprint density at radius 1 is 0.967 bits per heavy atom. The zero-order valence-corrected chi connectivity index (χ0v) is 17.3. The lowest BCUT2D eigenvalue weighted by Crippen LogP contribution is -2.14. The third-order valence-corrected chi connectivity index (χ3v) is 5.94. The second-order valence-electron chi connectivity index (χ2n) is 6.94. The molecule has 1 aliphatic rings. The Morgan fingerprint density at radius 3 is 2.63 bits per heavy atom. The van der Waals surface area contributed by atoms with E-state index in [-0.39, 0.29) is 0 Å². The molecule has 0 saturated carbocycles. The largest absolute Gasteiger partial charge is 0.496 e. The van der Waals surface area contributed by atoms with Gasteiger partial charge in [-0.15, -0.1) is 11.3 Å². The van der Waals surface area contributed by atoms with Crippen LogP contribution in [0.5, 0.6) is 5.75 Å². The third kappa shape index (κ3) is 3.46. The quantitative estimate of drug-likeness (QED) is 0.471. The fourth-order valence-corrected chi connectivity index (χ4v) is 4.52. The summed E-state index contributed by atoms with van der Waals surface area (Å²) in [4.78, 5) is 9.79. The second-order valence-corrected chi connectivity index (χ2v) is 7.78. The molecule has 0 N–H and O–H groups in total. The lowest BCUT2D eigenvalue weighted by Gasteiger charge is -2.10. The van der Waals surface area contributed by atoms with E-state index in [1.165, 1.54) is 11.1 Å². The molecule has 4 aromatic rings. The minimum absolute atomic E-state index is 0.792. The summed E-state index contributed by atoms with van der Waals surface area (Å²) >= 11 is 1.56. The van der Waals surface area contributed by atoms with Crippen molar-refractivity contribution in [3.63, 3.8) is 0 Å². The number of benzene rings is 2. The first-order valence-corrected chi connectivity index (χ1v) is 10.7. The minimum atomic E-state index is 0.792. The summed E-state index contributed by atoms with van der Waals surface area (Å²) in [6.07, 6.45) is 5.43. The first kappa shape index (κ1) is 18.5. The second kappa shape index (κ2) is 8.08. The Kier molecular flexibility index (Phi) is 4.99. The maximum atomic E-state index is 5.61. The van der Waals surface area contributed by atoms with Crippen LogP contribution < -0.4 is 9.54 Å². The van der Waals surface area contributed by atoms with Gasteiger partial charge in [-0.2, -0.15) is 5.10 Å². The Balaban J connectivity index is 1.72. The van der Waals surface area contributed by atoms with E-state index in [4.69, 9.17) is 14.8 Å². The van der Waals surface area contributed by atoms with Gasteiger partial charge in [-0.3, -0.25) is 4.98 Å². The molecule has 0 spiro atoms. The molecular weight excluding hydrogens is 392 g/mol. The van der Waals surface area contributed by atoms with E-state index < -0.39 is 0 Å². The fourth-order valence-electron chi connectivity index (χ4n) is 3.68. The molecule has 0 radical (unpaired) electrons. The first-order valence-electron chi connectivity index (χ1n) is 9.78. The van der Waals surface area contributed by atoms with Crippen LogP contribution in [-0.4, -0.2) is 22.5 Å². The van der Waals surface area contributed by atoms with Crippen molar-refractivity contribution in [2.24, 2.45) is 10.1 Å². The number of aryl methyl sites for hydroxylation is 1. The molecule has 2 heterocycles. The predicted octanol–water partition coefficient (Wildman–Crippen LogP) is 5.05. The lowest BCUT2D eigenvalue weighted by molar-refractivity contribution is 0.416. The molecule has 0 atom stereocenters. The smallest absolute Gasteiger partial charge is 0.211 e. The van der Waals surface area contributed by atoms with E-state index in [1.54, 1.807) is 30.8 Å². The van der Waals surface area contributed by atoms with Crippen LogP contribution in [0.1, 0.15) is 17.5 Å². The highest BCUT2D eigenvalue weighted by Crippen LogP contribution is 2.31. The van der Waals surface area contributed by atoms with Crippen molar-refractivity contribution in [3.8, 4) is 17.0 Å². The van der Waals surface area contributed by atoms with Gasteiger partial charge in [0.1, 0.15) is 5.75 Å². The molecule has 0 amide bonds. The summed E-state index contributed by atoms with van der Waals surface area (Å²) in [6, 6.07) is 20.3. The lowest BCUT2D eigenvalue weighted by atomic mass is 10.1. The molecule has 148 valence electrons. The highest BCUT2D eigenvalue weighted by molar-refractivity contribution is 7.07. The van der Waals surface area contributed by atoms with Crippen LogP contribution in [0.25, 0.3) is 11.3 Å². The van der Waals surface area contributed by atoms with Gasteiger partial charge in [0.2, 0.25) is 4.80 Å². The van der Waals surface area contributed by atoms with E-state index >= 15 is 0 Å². The number of methoxy groups -OCH3 is 1. The fraction of sp³-hybridized carbons (Fsp3) is 0.125. The normalized spacial score (nSPS) is 14.8. The van der Waals surface area contributed by atoms with Crippen LogP contribution in [0.2, 0.25) is 0 Å². The minimum Gasteiger partial charge on any atom is -0.496 e. The van der Waals surface area contributed by atoms with Gasteiger partial charge >= 0.3 is 0 Å². The molecular formula is C24H20N4OS. The van der Waals surface area contributed by atoms with Gasteiger partial charge in [-0.05, 0) is 42.7 Å². The average Bonchev–Trinajstić information content (AvgIpc) is 3.39. The number of pyridine rings is 1. The van der Waals surface area contributed by atoms with Gasteiger partial charge < -0.3 is 4.74 Å². The van der Waals surface area contributed by atoms with Crippen molar-refractivity contribution in [2.45, 2.75) is 12.8 Å². The molecule has 0 saturated heterocycles. The Hall–Kier alpha value is -3.51. The van der Waals surface area contributed by atoms with Crippen LogP contribution in [-0.2, 0) is 6.42 Å². The van der Waals surface area contributed by atoms with E-state index in [2.05, 4.69) is 34.6 Å². The van der Waals surface area contributed by atoms with Crippen molar-refractivity contribution in [3.05, 3.63) is 94.4 Å². The third-order valence-electron chi connectivity index (χ3n) is 5.12. The summed E-state index contributed by atoms with van der Waals surface area (Å²) in [5.74, 6) is 0.809. The van der Waals surface area contributed by atoms with Gasteiger partial charge in [-0.25, -0.2) is 9.67 Å². The highest BCUT2D eigenvalue weighted by Gasteiger charge is 2.19. The summed E-state index contributed by atoms with van der Waals surface area (Å²) in [6.45, 7) is 0. The van der Waals surface area contributed by atoms with E-state index in [0.29, 0.717) is 0 Å². The van der Waals surface area contributed by atoms with Gasteiger partial charge in [0.15, 0.2) is 0 Å². The topological polar surface area (TPSA) is 51.8 Å². The maximum Gasteiger partial charge on any atom is 0.211 e. The predicted molar refractivity (Wildman–Crippen MR) is 120 cm³/mol. The molecule has 1 aliphatic carbocycles. The summed E-state index contributed by atoms with van der Waals surface area (Å²) in [5, 5.41) is 7.16.